The molecule has 0 aromatic carbocycles. The van der Waals surface area contributed by atoms with Crippen LogP contribution in [0.1, 0.15) is 46.5 Å². The fourth-order valence-corrected chi connectivity index (χ4v) is 4.46. The topological polar surface area (TPSA) is 46.3 Å². The van der Waals surface area contributed by atoms with E-state index in [1.165, 1.54) is 0 Å². The number of carbonyl (C=O) groups is 1. The maximum Gasteiger partial charge on any atom is 0.230 e. The van der Waals surface area contributed by atoms with Crippen molar-refractivity contribution in [3.8, 4) is 0 Å². The average molecular weight is 284 g/mol. The van der Waals surface area contributed by atoms with Crippen molar-refractivity contribution in [2.45, 2.75) is 51.2 Å². The fraction of sp³-hybridized carbons (Fsp3) is 0.933. The zero-order valence-electron chi connectivity index (χ0n) is 12.6. The fourth-order valence-electron chi connectivity index (χ4n) is 3.35. The lowest BCUT2D eigenvalue weighted by Crippen LogP contribution is -2.54. The molecule has 1 saturated carbocycles. The van der Waals surface area contributed by atoms with Crippen LogP contribution in [0.3, 0.4) is 0 Å². The van der Waals surface area contributed by atoms with Gasteiger partial charge in [0.15, 0.2) is 0 Å². The van der Waals surface area contributed by atoms with E-state index in [4.69, 9.17) is 5.73 Å². The second-order valence-electron chi connectivity index (χ2n) is 7.00. The van der Waals surface area contributed by atoms with Gasteiger partial charge in [-0.3, -0.25) is 4.79 Å². The number of nitrogens with two attached hydrogens (primary N) is 1. The molecular weight excluding hydrogens is 256 g/mol. The molecule has 0 radical (unpaired) electrons. The minimum Gasteiger partial charge on any atom is -0.340 e. The highest BCUT2D eigenvalue weighted by atomic mass is 32.2. The van der Waals surface area contributed by atoms with Gasteiger partial charge >= 0.3 is 0 Å². The van der Waals surface area contributed by atoms with E-state index in [9.17, 15) is 4.79 Å². The highest BCUT2D eigenvalue weighted by molar-refractivity contribution is 8.00. The average Bonchev–Trinajstić information content (AvgIpc) is 2.38. The summed E-state index contributed by atoms with van der Waals surface area (Å²) >= 11 is 1.97. The van der Waals surface area contributed by atoms with Crippen molar-refractivity contribution in [1.29, 1.82) is 0 Å². The van der Waals surface area contributed by atoms with Gasteiger partial charge in [-0.2, -0.15) is 11.8 Å². The summed E-state index contributed by atoms with van der Waals surface area (Å²) in [4.78, 5) is 15.0. The van der Waals surface area contributed by atoms with E-state index in [1.54, 1.807) is 0 Å². The lowest BCUT2D eigenvalue weighted by atomic mass is 9.70. The largest absolute Gasteiger partial charge is 0.340 e. The monoisotopic (exact) mass is 284 g/mol. The molecule has 1 aliphatic carbocycles. The van der Waals surface area contributed by atoms with E-state index in [0.717, 1.165) is 50.4 Å². The Labute approximate surface area is 121 Å². The SMILES string of the molecule is CC1CCC(CN)(C(=O)N2CCSC(C)(C)C2)CC1. The molecule has 0 aromatic heterocycles. The minimum atomic E-state index is -0.259. The number of nitrogens with zero attached hydrogens (tertiary/aromatic N) is 1. The first-order valence-electron chi connectivity index (χ1n) is 7.52. The number of thioether (sulfide) groups is 1. The zero-order chi connectivity index (χ0) is 14.1. The Bertz CT molecular complexity index is 335. The summed E-state index contributed by atoms with van der Waals surface area (Å²) in [6.45, 7) is 9.02. The Morgan fingerprint density at radius 3 is 2.53 bits per heavy atom. The van der Waals surface area contributed by atoms with Gasteiger partial charge in [-0.1, -0.05) is 6.92 Å². The minimum absolute atomic E-state index is 0.186. The van der Waals surface area contributed by atoms with Crippen LogP contribution in [0.15, 0.2) is 0 Å². The first-order chi connectivity index (χ1) is 8.88. The second-order valence-corrected chi connectivity index (χ2v) is 8.80. The van der Waals surface area contributed by atoms with Gasteiger partial charge in [0.05, 0.1) is 5.41 Å². The van der Waals surface area contributed by atoms with E-state index in [2.05, 4.69) is 25.7 Å². The lowest BCUT2D eigenvalue weighted by Gasteiger charge is -2.45. The molecule has 1 amide bonds. The molecule has 110 valence electrons. The van der Waals surface area contributed by atoms with Gasteiger partial charge in [-0.05, 0) is 45.4 Å². The van der Waals surface area contributed by atoms with Gasteiger partial charge in [0.1, 0.15) is 0 Å². The van der Waals surface area contributed by atoms with Gasteiger partial charge in [0, 0.05) is 30.1 Å². The normalized spacial score (nSPS) is 35.2. The molecule has 3 nitrogen and oxygen atoms in total. The van der Waals surface area contributed by atoms with E-state index < -0.39 is 0 Å². The maximum atomic E-state index is 12.9. The van der Waals surface area contributed by atoms with Crippen LogP contribution in [0.4, 0.5) is 0 Å². The Kier molecular flexibility index (Phi) is 4.51. The predicted molar refractivity (Wildman–Crippen MR) is 82.2 cm³/mol. The van der Waals surface area contributed by atoms with E-state index in [-0.39, 0.29) is 10.2 Å². The van der Waals surface area contributed by atoms with Crippen molar-refractivity contribution in [2.75, 3.05) is 25.4 Å². The Hall–Kier alpha value is -0.220. The second kappa shape index (κ2) is 5.65. The van der Waals surface area contributed by atoms with Crippen LogP contribution < -0.4 is 5.73 Å². The van der Waals surface area contributed by atoms with Crippen molar-refractivity contribution in [3.05, 3.63) is 0 Å². The van der Waals surface area contributed by atoms with Crippen LogP contribution in [0.2, 0.25) is 0 Å². The molecular formula is C15H28N2OS. The van der Waals surface area contributed by atoms with Crippen LogP contribution in [-0.2, 0) is 4.79 Å². The summed E-state index contributed by atoms with van der Waals surface area (Å²) < 4.78 is 0.186. The van der Waals surface area contributed by atoms with Gasteiger partial charge in [-0.25, -0.2) is 0 Å². The lowest BCUT2D eigenvalue weighted by molar-refractivity contribution is -0.144. The summed E-state index contributed by atoms with van der Waals surface area (Å²) in [7, 11) is 0. The van der Waals surface area contributed by atoms with Crippen molar-refractivity contribution >= 4 is 17.7 Å². The molecule has 0 spiro atoms. The number of rotatable bonds is 2. The highest BCUT2D eigenvalue weighted by Gasteiger charge is 2.44. The Morgan fingerprint density at radius 1 is 1.37 bits per heavy atom. The first kappa shape index (κ1) is 15.2. The number of hydrogen-bond acceptors (Lipinski definition) is 3. The van der Waals surface area contributed by atoms with Gasteiger partial charge in [-0.15, -0.1) is 0 Å². The molecule has 2 N–H and O–H groups in total. The summed E-state index contributed by atoms with van der Waals surface area (Å²) in [5, 5.41) is 0. The van der Waals surface area contributed by atoms with Crippen LogP contribution >= 0.6 is 11.8 Å². The molecule has 0 bridgehead atoms. The molecule has 1 heterocycles. The summed E-state index contributed by atoms with van der Waals surface area (Å²) in [5.41, 5.74) is 5.75. The number of carbonyl (C=O) groups excluding carboxylic acids is 1. The van der Waals surface area contributed by atoms with Crippen molar-refractivity contribution < 1.29 is 4.79 Å². The molecule has 2 fully saturated rings. The number of amides is 1. The highest BCUT2D eigenvalue weighted by Crippen LogP contribution is 2.41. The standard InChI is InChI=1S/C15H28N2OS/c1-12-4-6-15(10-16,7-5-12)13(18)17-8-9-19-14(2,3)11-17/h12H,4-11,16H2,1-3H3. The maximum absolute atomic E-state index is 12.9. The van der Waals surface area contributed by atoms with Crippen LogP contribution in [0.25, 0.3) is 0 Å². The molecule has 1 saturated heterocycles. The third kappa shape index (κ3) is 3.27. The Morgan fingerprint density at radius 2 is 2.00 bits per heavy atom. The van der Waals surface area contributed by atoms with Gasteiger partial charge < -0.3 is 10.6 Å². The summed E-state index contributed by atoms with van der Waals surface area (Å²) in [5.74, 6) is 2.13. The van der Waals surface area contributed by atoms with Crippen molar-refractivity contribution in [3.63, 3.8) is 0 Å². The molecule has 4 heteroatoms. The smallest absolute Gasteiger partial charge is 0.230 e. The van der Waals surface area contributed by atoms with Crippen LogP contribution in [0.5, 0.6) is 0 Å². The molecule has 0 atom stereocenters. The molecule has 19 heavy (non-hydrogen) atoms. The molecule has 0 unspecified atom stereocenters. The third-order valence-electron chi connectivity index (χ3n) is 4.79. The van der Waals surface area contributed by atoms with E-state index in [1.807, 2.05) is 11.8 Å². The van der Waals surface area contributed by atoms with Gasteiger partial charge in [0.2, 0.25) is 5.91 Å². The van der Waals surface area contributed by atoms with Crippen LogP contribution in [-0.4, -0.2) is 40.9 Å². The summed E-state index contributed by atoms with van der Waals surface area (Å²) in [6, 6.07) is 0. The van der Waals surface area contributed by atoms with Crippen LogP contribution in [0, 0.1) is 11.3 Å². The molecule has 1 aliphatic heterocycles. The molecule has 2 rings (SSSR count). The quantitative estimate of drug-likeness (QED) is 0.847. The predicted octanol–water partition coefficient (Wildman–Crippen LogP) is 2.50. The first-order valence-corrected chi connectivity index (χ1v) is 8.50. The van der Waals surface area contributed by atoms with Gasteiger partial charge in [0.25, 0.3) is 0 Å². The molecule has 2 aliphatic rings. The third-order valence-corrected chi connectivity index (χ3v) is 6.09. The number of hydrogen-bond donors (Lipinski definition) is 1. The van der Waals surface area contributed by atoms with E-state index >= 15 is 0 Å². The molecule has 0 aromatic rings. The van der Waals surface area contributed by atoms with E-state index in [0.29, 0.717) is 12.5 Å². The Balaban J connectivity index is 2.08. The summed E-state index contributed by atoms with van der Waals surface area (Å²) in [6.07, 6.45) is 4.25. The zero-order valence-corrected chi connectivity index (χ0v) is 13.4. The van der Waals surface area contributed by atoms with Crippen molar-refractivity contribution in [2.24, 2.45) is 17.1 Å². The van der Waals surface area contributed by atoms with Crippen molar-refractivity contribution in [1.82, 2.24) is 4.90 Å².